The van der Waals surface area contributed by atoms with E-state index in [0.717, 1.165) is 25.0 Å². The van der Waals surface area contributed by atoms with Crippen LogP contribution in [0, 0.1) is 0 Å². The van der Waals surface area contributed by atoms with Crippen molar-refractivity contribution in [3.63, 3.8) is 0 Å². The number of alkyl halides is 3. The van der Waals surface area contributed by atoms with Gasteiger partial charge in [-0.3, -0.25) is 4.79 Å². The molecule has 0 radical (unpaired) electrons. The Labute approximate surface area is 191 Å². The van der Waals surface area contributed by atoms with Crippen LogP contribution in [-0.2, 0) is 22.3 Å². The molecule has 2 aliphatic rings. The molecule has 1 aromatic carbocycles. The zero-order chi connectivity index (χ0) is 20.9. The zero-order valence-corrected chi connectivity index (χ0v) is 19.3. The number of rotatable bonds is 4. The predicted octanol–water partition coefficient (Wildman–Crippen LogP) is 3.11. The van der Waals surface area contributed by atoms with E-state index in [4.69, 9.17) is 4.74 Å². The Morgan fingerprint density at radius 1 is 1.23 bits per heavy atom. The predicted molar refractivity (Wildman–Crippen MR) is 119 cm³/mol. The first kappa shape index (κ1) is 24.7. The second kappa shape index (κ2) is 11.2. The second-order valence-corrected chi connectivity index (χ2v) is 7.18. The number of piperazine rings is 1. The average molecular weight is 540 g/mol. The number of carbonyl (C=O) groups excluding carboxylic acids is 1. The molecule has 0 aromatic heterocycles. The summed E-state index contributed by atoms with van der Waals surface area (Å²) in [5, 5.41) is 3.19. The highest BCUT2D eigenvalue weighted by Crippen LogP contribution is 2.29. The summed E-state index contributed by atoms with van der Waals surface area (Å²) in [5.41, 5.74) is -0.168. The lowest BCUT2D eigenvalue weighted by Crippen LogP contribution is -2.55. The summed E-state index contributed by atoms with van der Waals surface area (Å²) >= 11 is 0. The number of aliphatic imine (C=N–C) groups is 1. The van der Waals surface area contributed by atoms with Crippen LogP contribution in [0.1, 0.15) is 30.9 Å². The van der Waals surface area contributed by atoms with E-state index in [1.165, 1.54) is 6.07 Å². The van der Waals surface area contributed by atoms with Gasteiger partial charge in [0.2, 0.25) is 0 Å². The maximum Gasteiger partial charge on any atom is 0.416 e. The molecule has 0 saturated carbocycles. The lowest BCUT2D eigenvalue weighted by Gasteiger charge is -2.37. The zero-order valence-electron chi connectivity index (χ0n) is 17.0. The summed E-state index contributed by atoms with van der Waals surface area (Å²) in [4.78, 5) is 20.8. The molecule has 1 aromatic rings. The first-order chi connectivity index (χ1) is 13.9. The molecule has 2 heterocycles. The molecule has 168 valence electrons. The van der Waals surface area contributed by atoms with Crippen molar-refractivity contribution in [2.45, 2.75) is 38.6 Å². The van der Waals surface area contributed by atoms with Gasteiger partial charge >= 0.3 is 6.18 Å². The van der Waals surface area contributed by atoms with E-state index < -0.39 is 11.7 Å². The number of benzene rings is 1. The molecule has 3 rings (SSSR count). The van der Waals surface area contributed by atoms with E-state index in [1.54, 1.807) is 6.07 Å². The van der Waals surface area contributed by atoms with Crippen LogP contribution in [0.4, 0.5) is 13.2 Å². The van der Waals surface area contributed by atoms with Crippen molar-refractivity contribution in [2.75, 3.05) is 39.3 Å². The number of halogens is 4. The first-order valence-electron chi connectivity index (χ1n) is 9.98. The number of carbonyl (C=O) groups is 1. The number of hydrogen-bond acceptors (Lipinski definition) is 3. The van der Waals surface area contributed by atoms with Gasteiger partial charge in [0.25, 0.3) is 5.91 Å². The monoisotopic (exact) mass is 540 g/mol. The van der Waals surface area contributed by atoms with Gasteiger partial charge in [-0.05, 0) is 37.5 Å². The highest BCUT2D eigenvalue weighted by molar-refractivity contribution is 14.0. The molecule has 2 fully saturated rings. The van der Waals surface area contributed by atoms with Crippen molar-refractivity contribution in [2.24, 2.45) is 4.99 Å². The molecule has 2 saturated heterocycles. The van der Waals surface area contributed by atoms with Crippen LogP contribution in [-0.4, -0.2) is 67.1 Å². The number of guanidine groups is 1. The van der Waals surface area contributed by atoms with E-state index in [2.05, 4.69) is 10.3 Å². The van der Waals surface area contributed by atoms with Gasteiger partial charge in [-0.25, -0.2) is 4.99 Å². The van der Waals surface area contributed by atoms with E-state index in [9.17, 15) is 18.0 Å². The Morgan fingerprint density at radius 3 is 2.53 bits per heavy atom. The Bertz CT molecular complexity index is 731. The van der Waals surface area contributed by atoms with Crippen LogP contribution >= 0.6 is 24.0 Å². The fourth-order valence-corrected chi connectivity index (χ4v) is 3.55. The van der Waals surface area contributed by atoms with Gasteiger partial charge in [-0.2, -0.15) is 13.2 Å². The Balaban J connectivity index is 0.00000320. The standard InChI is InChI=1S/C20H27F3N4O2.HI/c1-2-24-19(25-14-15-5-3-6-16(13-15)20(21,22)23)27-10-8-26(9-11-27)18(28)17-7-4-12-29-17;/h3,5-6,13,17H,2,4,7-12,14H2,1H3,(H,24,25);1H. The van der Waals surface area contributed by atoms with Crippen LogP contribution in [0.2, 0.25) is 0 Å². The maximum absolute atomic E-state index is 12.9. The largest absolute Gasteiger partial charge is 0.416 e. The minimum atomic E-state index is -4.36. The van der Waals surface area contributed by atoms with Crippen molar-refractivity contribution in [3.8, 4) is 0 Å². The molecule has 0 bridgehead atoms. The van der Waals surface area contributed by atoms with Gasteiger partial charge in [0.1, 0.15) is 6.10 Å². The maximum atomic E-state index is 12.9. The van der Waals surface area contributed by atoms with Crippen LogP contribution in [0.25, 0.3) is 0 Å². The van der Waals surface area contributed by atoms with Crippen molar-refractivity contribution >= 4 is 35.8 Å². The Kier molecular flexibility index (Phi) is 9.20. The molecule has 0 spiro atoms. The molecule has 30 heavy (non-hydrogen) atoms. The van der Waals surface area contributed by atoms with Crippen molar-refractivity contribution in [3.05, 3.63) is 35.4 Å². The molecule has 1 unspecified atom stereocenters. The van der Waals surface area contributed by atoms with Gasteiger partial charge in [0.05, 0.1) is 12.1 Å². The summed E-state index contributed by atoms with van der Waals surface area (Å²) in [6.45, 7) is 5.77. The topological polar surface area (TPSA) is 57.2 Å². The summed E-state index contributed by atoms with van der Waals surface area (Å²) in [6, 6.07) is 5.23. The number of hydrogen-bond donors (Lipinski definition) is 1. The summed E-state index contributed by atoms with van der Waals surface area (Å²) in [5.74, 6) is 0.696. The highest BCUT2D eigenvalue weighted by atomic mass is 127. The number of amides is 1. The third-order valence-electron chi connectivity index (χ3n) is 5.10. The first-order valence-corrected chi connectivity index (χ1v) is 9.98. The van der Waals surface area contributed by atoms with E-state index in [-0.39, 0.29) is 42.5 Å². The quantitative estimate of drug-likeness (QED) is 0.363. The number of nitrogens with zero attached hydrogens (tertiary/aromatic N) is 3. The third kappa shape index (κ3) is 6.47. The van der Waals surface area contributed by atoms with Crippen LogP contribution in [0.3, 0.4) is 0 Å². The van der Waals surface area contributed by atoms with E-state index in [1.807, 2.05) is 16.7 Å². The third-order valence-corrected chi connectivity index (χ3v) is 5.10. The lowest BCUT2D eigenvalue weighted by atomic mass is 10.1. The fraction of sp³-hybridized carbons (Fsp3) is 0.600. The SMILES string of the molecule is CCNC(=NCc1cccc(C(F)(F)F)c1)N1CCN(C(=O)C2CCCO2)CC1.I. The minimum absolute atomic E-state index is 0. The van der Waals surface area contributed by atoms with Crippen molar-refractivity contribution < 1.29 is 22.7 Å². The molecule has 2 aliphatic heterocycles. The molecule has 0 aliphatic carbocycles. The Hall–Kier alpha value is -1.56. The fourth-order valence-electron chi connectivity index (χ4n) is 3.55. The molecular formula is C20H28F3IN4O2. The molecule has 10 heteroatoms. The van der Waals surface area contributed by atoms with Crippen molar-refractivity contribution in [1.82, 2.24) is 15.1 Å². The molecule has 1 N–H and O–H groups in total. The van der Waals surface area contributed by atoms with Gasteiger partial charge in [0, 0.05) is 39.3 Å². The van der Waals surface area contributed by atoms with Crippen LogP contribution < -0.4 is 5.32 Å². The average Bonchev–Trinajstić information content (AvgIpc) is 3.25. The van der Waals surface area contributed by atoms with Gasteiger partial charge in [0.15, 0.2) is 5.96 Å². The highest BCUT2D eigenvalue weighted by Gasteiger charge is 2.31. The molecular weight excluding hydrogens is 512 g/mol. The number of ether oxygens (including phenoxy) is 1. The van der Waals surface area contributed by atoms with Gasteiger partial charge in [-0.15, -0.1) is 24.0 Å². The molecule has 6 nitrogen and oxygen atoms in total. The lowest BCUT2D eigenvalue weighted by molar-refractivity contribution is -0.142. The van der Waals surface area contributed by atoms with E-state index in [0.29, 0.717) is 50.9 Å². The van der Waals surface area contributed by atoms with Gasteiger partial charge < -0.3 is 19.9 Å². The van der Waals surface area contributed by atoms with Crippen molar-refractivity contribution in [1.29, 1.82) is 0 Å². The molecule has 1 atom stereocenters. The minimum Gasteiger partial charge on any atom is -0.368 e. The van der Waals surface area contributed by atoms with E-state index >= 15 is 0 Å². The summed E-state index contributed by atoms with van der Waals surface area (Å²) in [7, 11) is 0. The summed E-state index contributed by atoms with van der Waals surface area (Å²) < 4.78 is 44.2. The molecule has 1 amide bonds. The normalized spacial score (nSPS) is 20.1. The Morgan fingerprint density at radius 2 is 1.93 bits per heavy atom. The number of nitrogens with one attached hydrogen (secondary N) is 1. The summed E-state index contributed by atoms with van der Waals surface area (Å²) in [6.07, 6.45) is -2.98. The van der Waals surface area contributed by atoms with Crippen LogP contribution in [0.5, 0.6) is 0 Å². The van der Waals surface area contributed by atoms with Gasteiger partial charge in [-0.1, -0.05) is 12.1 Å². The smallest absolute Gasteiger partial charge is 0.368 e. The van der Waals surface area contributed by atoms with Crippen LogP contribution in [0.15, 0.2) is 29.3 Å². The second-order valence-electron chi connectivity index (χ2n) is 7.18.